The van der Waals surface area contributed by atoms with Gasteiger partial charge in [-0.3, -0.25) is 14.9 Å². The van der Waals surface area contributed by atoms with Crippen LogP contribution in [0.15, 0.2) is 54.6 Å². The summed E-state index contributed by atoms with van der Waals surface area (Å²) >= 11 is 0. The van der Waals surface area contributed by atoms with Crippen LogP contribution in [-0.4, -0.2) is 17.4 Å². The lowest BCUT2D eigenvalue weighted by atomic mass is 9.87. The van der Waals surface area contributed by atoms with Crippen molar-refractivity contribution >= 4 is 17.2 Å². The van der Waals surface area contributed by atoms with E-state index in [1.165, 1.54) is 41.0 Å². The molecule has 2 aromatic rings. The zero-order chi connectivity index (χ0) is 16.9. The number of amides is 1. The molecular formula is C19H18N2O3. The number of non-ortho nitro benzene ring substituents is 1. The number of rotatable bonds is 4. The molecular weight excluding hydrogens is 304 g/mol. The van der Waals surface area contributed by atoms with Crippen LogP contribution >= 0.6 is 0 Å². The summed E-state index contributed by atoms with van der Waals surface area (Å²) in [7, 11) is 0. The largest absolute Gasteiger partial charge is 0.349 e. The van der Waals surface area contributed by atoms with Gasteiger partial charge in [0.25, 0.3) is 11.6 Å². The number of fused-ring (bicyclic) bond motifs is 1. The van der Waals surface area contributed by atoms with Gasteiger partial charge in [-0.1, -0.05) is 30.3 Å². The highest BCUT2D eigenvalue weighted by Gasteiger charge is 2.13. The molecule has 1 amide bonds. The van der Waals surface area contributed by atoms with E-state index in [9.17, 15) is 14.9 Å². The standard InChI is InChI=1S/C19H18N2O3/c22-19(16-8-10-17(11-9-16)21(23)24)20-13-12-15-6-3-5-14-4-1-2-7-18(14)15/h1-2,4,7-12H,3,5-6,13H2,(H,20,22)/b15-12-. The van der Waals surface area contributed by atoms with Crippen molar-refractivity contribution in [2.24, 2.45) is 0 Å². The van der Waals surface area contributed by atoms with E-state index in [0.29, 0.717) is 12.1 Å². The van der Waals surface area contributed by atoms with Crippen LogP contribution in [0.4, 0.5) is 5.69 Å². The minimum absolute atomic E-state index is 0.0209. The molecule has 24 heavy (non-hydrogen) atoms. The molecule has 0 aromatic heterocycles. The van der Waals surface area contributed by atoms with E-state index in [0.717, 1.165) is 19.3 Å². The van der Waals surface area contributed by atoms with Crippen LogP contribution in [0.5, 0.6) is 0 Å². The van der Waals surface area contributed by atoms with E-state index in [1.54, 1.807) is 0 Å². The Labute approximate surface area is 140 Å². The average Bonchev–Trinajstić information content (AvgIpc) is 2.62. The number of nitro groups is 1. The first-order chi connectivity index (χ1) is 11.6. The molecule has 0 saturated heterocycles. The predicted octanol–water partition coefficient (Wildman–Crippen LogP) is 3.74. The van der Waals surface area contributed by atoms with Gasteiger partial charge in [-0.15, -0.1) is 0 Å². The minimum atomic E-state index is -0.480. The van der Waals surface area contributed by atoms with Crippen LogP contribution in [0.3, 0.4) is 0 Å². The predicted molar refractivity (Wildman–Crippen MR) is 92.8 cm³/mol. The summed E-state index contributed by atoms with van der Waals surface area (Å²) in [5.74, 6) is -0.231. The third kappa shape index (κ3) is 3.51. The number of hydrogen-bond donors (Lipinski definition) is 1. The fourth-order valence-electron chi connectivity index (χ4n) is 2.97. The minimum Gasteiger partial charge on any atom is -0.349 e. The summed E-state index contributed by atoms with van der Waals surface area (Å²) in [6, 6.07) is 14.0. The van der Waals surface area contributed by atoms with Crippen LogP contribution in [0.2, 0.25) is 0 Å². The molecule has 0 bridgehead atoms. The Kier molecular flexibility index (Phi) is 4.70. The van der Waals surface area contributed by atoms with Gasteiger partial charge in [0.1, 0.15) is 0 Å². The Morgan fingerprint density at radius 1 is 1.12 bits per heavy atom. The van der Waals surface area contributed by atoms with Crippen molar-refractivity contribution in [3.63, 3.8) is 0 Å². The fraction of sp³-hybridized carbons (Fsp3) is 0.211. The summed E-state index contributed by atoms with van der Waals surface area (Å²) < 4.78 is 0. The molecule has 0 saturated carbocycles. The van der Waals surface area contributed by atoms with Crippen LogP contribution in [-0.2, 0) is 6.42 Å². The highest BCUT2D eigenvalue weighted by molar-refractivity contribution is 5.94. The van der Waals surface area contributed by atoms with Gasteiger partial charge in [0, 0.05) is 24.2 Å². The van der Waals surface area contributed by atoms with Crippen LogP contribution in [0.25, 0.3) is 5.57 Å². The van der Waals surface area contributed by atoms with Crippen molar-refractivity contribution in [1.82, 2.24) is 5.32 Å². The van der Waals surface area contributed by atoms with Gasteiger partial charge in [-0.2, -0.15) is 0 Å². The summed E-state index contributed by atoms with van der Waals surface area (Å²) in [5, 5.41) is 13.5. The smallest absolute Gasteiger partial charge is 0.269 e. The van der Waals surface area contributed by atoms with Crippen molar-refractivity contribution in [2.45, 2.75) is 19.3 Å². The van der Waals surface area contributed by atoms with E-state index in [-0.39, 0.29) is 11.6 Å². The summed E-state index contributed by atoms with van der Waals surface area (Å²) in [5.41, 5.74) is 4.29. The van der Waals surface area contributed by atoms with Gasteiger partial charge in [0.15, 0.2) is 0 Å². The van der Waals surface area contributed by atoms with E-state index < -0.39 is 4.92 Å². The molecule has 0 aliphatic heterocycles. The highest BCUT2D eigenvalue weighted by Crippen LogP contribution is 2.30. The second-order valence-corrected chi connectivity index (χ2v) is 5.75. The van der Waals surface area contributed by atoms with Crippen molar-refractivity contribution in [1.29, 1.82) is 0 Å². The average molecular weight is 322 g/mol. The van der Waals surface area contributed by atoms with Gasteiger partial charge < -0.3 is 5.32 Å². The van der Waals surface area contributed by atoms with Crippen molar-refractivity contribution in [2.75, 3.05) is 6.54 Å². The number of aryl methyl sites for hydroxylation is 1. The Hall–Kier alpha value is -2.95. The second kappa shape index (κ2) is 7.08. The van der Waals surface area contributed by atoms with Gasteiger partial charge in [-0.05, 0) is 48.1 Å². The molecule has 0 fully saturated rings. The molecule has 2 aromatic carbocycles. The van der Waals surface area contributed by atoms with Crippen molar-refractivity contribution < 1.29 is 9.72 Å². The van der Waals surface area contributed by atoms with Crippen LogP contribution < -0.4 is 5.32 Å². The molecule has 1 N–H and O–H groups in total. The molecule has 122 valence electrons. The Balaban J connectivity index is 1.64. The molecule has 0 heterocycles. The van der Waals surface area contributed by atoms with Crippen molar-refractivity contribution in [3.8, 4) is 0 Å². The molecule has 0 radical (unpaired) electrons. The van der Waals surface area contributed by atoms with Crippen LogP contribution in [0.1, 0.15) is 34.3 Å². The quantitative estimate of drug-likeness (QED) is 0.688. The van der Waals surface area contributed by atoms with E-state index in [1.807, 2.05) is 6.07 Å². The lowest BCUT2D eigenvalue weighted by Gasteiger charge is -2.19. The maximum absolute atomic E-state index is 12.1. The summed E-state index contributed by atoms with van der Waals surface area (Å²) in [6.45, 7) is 0.444. The molecule has 1 aliphatic rings. The topological polar surface area (TPSA) is 72.2 Å². The summed E-state index contributed by atoms with van der Waals surface area (Å²) in [4.78, 5) is 22.3. The van der Waals surface area contributed by atoms with Gasteiger partial charge in [0.2, 0.25) is 0 Å². The highest BCUT2D eigenvalue weighted by atomic mass is 16.6. The van der Waals surface area contributed by atoms with Crippen molar-refractivity contribution in [3.05, 3.63) is 81.4 Å². The Morgan fingerprint density at radius 3 is 2.62 bits per heavy atom. The number of hydrogen-bond acceptors (Lipinski definition) is 3. The van der Waals surface area contributed by atoms with Gasteiger partial charge in [-0.25, -0.2) is 0 Å². The third-order valence-electron chi connectivity index (χ3n) is 4.21. The monoisotopic (exact) mass is 322 g/mol. The number of nitrogens with one attached hydrogen (secondary N) is 1. The lowest BCUT2D eigenvalue weighted by molar-refractivity contribution is -0.384. The van der Waals surface area contributed by atoms with E-state index in [2.05, 4.69) is 29.6 Å². The second-order valence-electron chi connectivity index (χ2n) is 5.75. The molecule has 0 atom stereocenters. The van der Waals surface area contributed by atoms with Gasteiger partial charge >= 0.3 is 0 Å². The SMILES string of the molecule is O=C(NC/C=C1/CCCc2ccccc21)c1ccc([N+](=O)[O-])cc1. The Bertz CT molecular complexity index is 795. The third-order valence-corrected chi connectivity index (χ3v) is 4.21. The van der Waals surface area contributed by atoms with Crippen LogP contribution in [0, 0.1) is 10.1 Å². The molecule has 0 spiro atoms. The lowest BCUT2D eigenvalue weighted by Crippen LogP contribution is -2.23. The first kappa shape index (κ1) is 15.9. The first-order valence-corrected chi connectivity index (χ1v) is 7.95. The number of nitrogens with zero attached hydrogens (tertiary/aromatic N) is 1. The van der Waals surface area contributed by atoms with E-state index >= 15 is 0 Å². The molecule has 0 unspecified atom stereocenters. The number of carbonyl (C=O) groups is 1. The fourth-order valence-corrected chi connectivity index (χ4v) is 2.97. The number of nitro benzene ring substituents is 1. The molecule has 5 heteroatoms. The number of allylic oxidation sites excluding steroid dienone is 1. The van der Waals surface area contributed by atoms with E-state index in [4.69, 9.17) is 0 Å². The zero-order valence-corrected chi connectivity index (χ0v) is 13.2. The maximum Gasteiger partial charge on any atom is 0.269 e. The molecule has 1 aliphatic carbocycles. The molecule has 5 nitrogen and oxygen atoms in total. The number of benzene rings is 2. The van der Waals surface area contributed by atoms with Gasteiger partial charge in [0.05, 0.1) is 4.92 Å². The zero-order valence-electron chi connectivity index (χ0n) is 13.2. The Morgan fingerprint density at radius 2 is 1.88 bits per heavy atom. The summed E-state index contributed by atoms with van der Waals surface area (Å²) in [6.07, 6.45) is 5.30. The molecule has 3 rings (SSSR count). The first-order valence-electron chi connectivity index (χ1n) is 7.95. The normalized spacial score (nSPS) is 14.9. The number of carbonyl (C=O) groups excluding carboxylic acids is 1. The maximum atomic E-state index is 12.1.